The van der Waals surface area contributed by atoms with Crippen molar-refractivity contribution >= 4 is 5.69 Å². The maximum atomic E-state index is 10.6. The predicted octanol–water partition coefficient (Wildman–Crippen LogP) is 4.16. The fourth-order valence-electron chi connectivity index (χ4n) is 3.63. The molecule has 0 aliphatic heterocycles. The van der Waals surface area contributed by atoms with Gasteiger partial charge in [-0.1, -0.05) is 57.6 Å². The van der Waals surface area contributed by atoms with Gasteiger partial charge >= 0.3 is 0 Å². The van der Waals surface area contributed by atoms with Crippen molar-refractivity contribution < 1.29 is 5.11 Å². The van der Waals surface area contributed by atoms with Crippen LogP contribution in [0.15, 0.2) is 24.3 Å². The molecule has 0 heterocycles. The van der Waals surface area contributed by atoms with Crippen molar-refractivity contribution in [3.8, 4) is 0 Å². The molecule has 0 aromatic heterocycles. The van der Waals surface area contributed by atoms with Gasteiger partial charge in [-0.3, -0.25) is 5.32 Å². The molecule has 1 aliphatic rings. The van der Waals surface area contributed by atoms with Crippen LogP contribution < -0.4 is 10.2 Å². The molecule has 0 bridgehead atoms. The van der Waals surface area contributed by atoms with E-state index in [9.17, 15) is 5.11 Å². The second-order valence-corrected chi connectivity index (χ2v) is 7.37. The lowest BCUT2D eigenvalue weighted by Crippen LogP contribution is -2.38. The molecule has 1 aromatic carbocycles. The van der Waals surface area contributed by atoms with Crippen molar-refractivity contribution in [2.75, 3.05) is 19.0 Å². The summed E-state index contributed by atoms with van der Waals surface area (Å²) in [6.45, 7) is 3.05. The summed E-state index contributed by atoms with van der Waals surface area (Å²) in [5, 5.41) is 14.0. The van der Waals surface area contributed by atoms with E-state index >= 15 is 0 Å². The molecule has 3 atom stereocenters. The van der Waals surface area contributed by atoms with Gasteiger partial charge in [-0.05, 0) is 30.0 Å². The van der Waals surface area contributed by atoms with Crippen LogP contribution in [0.4, 0.5) is 5.69 Å². The van der Waals surface area contributed by atoms with Crippen LogP contribution in [0.25, 0.3) is 0 Å². The van der Waals surface area contributed by atoms with Crippen LogP contribution in [0.3, 0.4) is 0 Å². The largest absolute Gasteiger partial charge is 0.378 e. The van der Waals surface area contributed by atoms with Crippen LogP contribution in [0.2, 0.25) is 0 Å². The molecule has 3 unspecified atom stereocenters. The van der Waals surface area contributed by atoms with Gasteiger partial charge in [0.15, 0.2) is 0 Å². The first-order valence-electron chi connectivity index (χ1n) is 9.25. The molecule has 0 spiro atoms. The fourth-order valence-corrected chi connectivity index (χ4v) is 3.63. The molecule has 1 fully saturated rings. The molecule has 130 valence electrons. The van der Waals surface area contributed by atoms with E-state index in [1.54, 1.807) is 0 Å². The maximum absolute atomic E-state index is 10.6. The molecule has 23 heavy (non-hydrogen) atoms. The third-order valence-corrected chi connectivity index (χ3v) is 5.30. The number of aliphatic hydroxyl groups excluding tert-OH is 1. The van der Waals surface area contributed by atoms with E-state index in [4.69, 9.17) is 0 Å². The van der Waals surface area contributed by atoms with Crippen molar-refractivity contribution in [2.45, 2.75) is 64.6 Å². The highest BCUT2D eigenvalue weighted by Gasteiger charge is 2.25. The molecule has 1 aromatic rings. The number of nitrogens with one attached hydrogen (secondary N) is 1. The zero-order valence-electron chi connectivity index (χ0n) is 15.1. The lowest BCUT2D eigenvalue weighted by molar-refractivity contribution is 0.0383. The Labute approximate surface area is 142 Å². The van der Waals surface area contributed by atoms with E-state index in [2.05, 4.69) is 55.5 Å². The summed E-state index contributed by atoms with van der Waals surface area (Å²) in [4.78, 5) is 2.10. The van der Waals surface area contributed by atoms with E-state index in [0.717, 1.165) is 13.0 Å². The van der Waals surface area contributed by atoms with Crippen LogP contribution in [0, 0.1) is 11.8 Å². The zero-order valence-corrected chi connectivity index (χ0v) is 15.1. The Kier molecular flexibility index (Phi) is 7.38. The minimum Gasteiger partial charge on any atom is -0.378 e. The third-order valence-electron chi connectivity index (χ3n) is 5.30. The van der Waals surface area contributed by atoms with Crippen LogP contribution in [0.5, 0.6) is 0 Å². The van der Waals surface area contributed by atoms with E-state index in [1.165, 1.54) is 49.8 Å². The molecule has 2 N–H and O–H groups in total. The average molecular weight is 319 g/mol. The summed E-state index contributed by atoms with van der Waals surface area (Å²) in [5.74, 6) is 0.987. The van der Waals surface area contributed by atoms with Gasteiger partial charge in [0.1, 0.15) is 6.23 Å². The minimum absolute atomic E-state index is 0.383. The summed E-state index contributed by atoms with van der Waals surface area (Å²) in [6.07, 6.45) is 8.62. The quantitative estimate of drug-likeness (QED) is 0.800. The summed E-state index contributed by atoms with van der Waals surface area (Å²) < 4.78 is 0. The Morgan fingerprint density at radius 2 is 1.65 bits per heavy atom. The van der Waals surface area contributed by atoms with Gasteiger partial charge in [0.2, 0.25) is 0 Å². The molecular weight excluding hydrogens is 284 g/mol. The van der Waals surface area contributed by atoms with Gasteiger partial charge in [-0.2, -0.15) is 0 Å². The molecule has 0 saturated heterocycles. The van der Waals surface area contributed by atoms with E-state index in [1.807, 2.05) is 0 Å². The summed E-state index contributed by atoms with van der Waals surface area (Å²) >= 11 is 0. The molecule has 0 radical (unpaired) electrons. The predicted molar refractivity (Wildman–Crippen MR) is 98.6 cm³/mol. The summed E-state index contributed by atoms with van der Waals surface area (Å²) in [5.41, 5.74) is 2.43. The second-order valence-electron chi connectivity index (χ2n) is 7.37. The number of rotatable bonds is 5. The standard InChI is InChI=1S/C20H34N2O/c1-16-9-7-5-4-6-8-10-19(16)20(23)21-15-17-11-13-18(14-12-17)22(2)3/h11-14,16,19-21,23H,4-10,15H2,1-3H3. The SMILES string of the molecule is CC1CCCCCCCC1C(O)NCc1ccc(N(C)C)cc1. The Bertz CT molecular complexity index is 443. The highest BCUT2D eigenvalue weighted by Crippen LogP contribution is 2.29. The van der Waals surface area contributed by atoms with Gasteiger partial charge in [-0.25, -0.2) is 0 Å². The molecular formula is C20H34N2O. The van der Waals surface area contributed by atoms with Crippen molar-refractivity contribution in [3.63, 3.8) is 0 Å². The second kappa shape index (κ2) is 9.29. The van der Waals surface area contributed by atoms with Crippen molar-refractivity contribution in [2.24, 2.45) is 11.8 Å². The Morgan fingerprint density at radius 3 is 2.30 bits per heavy atom. The first-order valence-corrected chi connectivity index (χ1v) is 9.25. The van der Waals surface area contributed by atoms with E-state index in [0.29, 0.717) is 11.8 Å². The maximum Gasteiger partial charge on any atom is 0.108 e. The molecule has 2 rings (SSSR count). The summed E-state index contributed by atoms with van der Waals surface area (Å²) in [6, 6.07) is 8.54. The third kappa shape index (κ3) is 5.82. The highest BCUT2D eigenvalue weighted by molar-refractivity contribution is 5.45. The minimum atomic E-state index is -0.392. The Balaban J connectivity index is 1.87. The number of aliphatic hydroxyl groups is 1. The van der Waals surface area contributed by atoms with Crippen LogP contribution >= 0.6 is 0 Å². The first-order chi connectivity index (χ1) is 11.1. The van der Waals surface area contributed by atoms with Crippen LogP contribution in [0.1, 0.15) is 57.4 Å². The number of hydrogen-bond donors (Lipinski definition) is 2. The van der Waals surface area contributed by atoms with Gasteiger partial charge in [0, 0.05) is 32.2 Å². The van der Waals surface area contributed by atoms with Gasteiger partial charge in [0.05, 0.1) is 0 Å². The van der Waals surface area contributed by atoms with Gasteiger partial charge in [0.25, 0.3) is 0 Å². The van der Waals surface area contributed by atoms with Crippen molar-refractivity contribution in [1.29, 1.82) is 0 Å². The van der Waals surface area contributed by atoms with Crippen molar-refractivity contribution in [3.05, 3.63) is 29.8 Å². The van der Waals surface area contributed by atoms with E-state index < -0.39 is 6.23 Å². The normalized spacial score (nSPS) is 24.3. The van der Waals surface area contributed by atoms with Gasteiger partial charge in [-0.15, -0.1) is 0 Å². The highest BCUT2D eigenvalue weighted by atomic mass is 16.3. The van der Waals surface area contributed by atoms with Crippen molar-refractivity contribution in [1.82, 2.24) is 5.32 Å². The van der Waals surface area contributed by atoms with E-state index in [-0.39, 0.29) is 0 Å². The Hall–Kier alpha value is -1.06. The molecule has 1 saturated carbocycles. The Morgan fingerprint density at radius 1 is 1.04 bits per heavy atom. The summed E-state index contributed by atoms with van der Waals surface area (Å²) in [7, 11) is 4.10. The van der Waals surface area contributed by atoms with Crippen LogP contribution in [-0.2, 0) is 6.54 Å². The lowest BCUT2D eigenvalue weighted by Gasteiger charge is -2.29. The lowest BCUT2D eigenvalue weighted by atomic mass is 9.85. The first kappa shape index (κ1) is 18.3. The number of anilines is 1. The molecule has 3 nitrogen and oxygen atoms in total. The molecule has 0 amide bonds. The monoisotopic (exact) mass is 318 g/mol. The smallest absolute Gasteiger partial charge is 0.108 e. The zero-order chi connectivity index (χ0) is 16.7. The number of nitrogens with zero attached hydrogens (tertiary/aromatic N) is 1. The molecule has 3 heteroatoms. The number of benzene rings is 1. The van der Waals surface area contributed by atoms with Crippen LogP contribution in [-0.4, -0.2) is 25.4 Å². The molecule has 1 aliphatic carbocycles. The fraction of sp³-hybridized carbons (Fsp3) is 0.700. The number of hydrogen-bond acceptors (Lipinski definition) is 3. The average Bonchev–Trinajstić information content (AvgIpc) is 2.65. The van der Waals surface area contributed by atoms with Gasteiger partial charge < -0.3 is 10.0 Å². The topological polar surface area (TPSA) is 35.5 Å².